The van der Waals surface area contributed by atoms with Crippen molar-refractivity contribution in [1.29, 1.82) is 0 Å². The summed E-state index contributed by atoms with van der Waals surface area (Å²) in [5.74, 6) is 0.405. The second kappa shape index (κ2) is 6.94. The third-order valence-corrected chi connectivity index (χ3v) is 7.07. The van der Waals surface area contributed by atoms with Crippen molar-refractivity contribution in [2.75, 3.05) is 0 Å². The van der Waals surface area contributed by atoms with Gasteiger partial charge in [0.15, 0.2) is 0 Å². The maximum atomic E-state index is 13.5. The molecule has 1 atom stereocenters. The predicted molar refractivity (Wildman–Crippen MR) is 104 cm³/mol. The van der Waals surface area contributed by atoms with Crippen LogP contribution in [-0.2, 0) is 16.6 Å². The fourth-order valence-electron chi connectivity index (χ4n) is 3.37. The first-order chi connectivity index (χ1) is 12.9. The van der Waals surface area contributed by atoms with Crippen LogP contribution < -0.4 is 5.63 Å². The molecule has 1 aromatic heterocycles. The minimum atomic E-state index is -3.69. The van der Waals surface area contributed by atoms with E-state index in [9.17, 15) is 13.2 Å². The molecular formula is C21H21NO4S. The molecule has 1 saturated carbocycles. The molecular weight excluding hydrogens is 362 g/mol. The van der Waals surface area contributed by atoms with E-state index in [4.69, 9.17) is 4.42 Å². The first kappa shape index (κ1) is 17.9. The lowest BCUT2D eigenvalue weighted by atomic mass is 10.2. The normalized spacial score (nSPS) is 15.9. The summed E-state index contributed by atoms with van der Waals surface area (Å²) in [6.45, 7) is 2.32. The molecule has 1 aliphatic rings. The molecule has 2 aromatic carbocycles. The molecule has 0 aliphatic heterocycles. The van der Waals surface area contributed by atoms with Crippen LogP contribution in [0.25, 0.3) is 11.0 Å². The van der Waals surface area contributed by atoms with Gasteiger partial charge in [-0.05, 0) is 55.5 Å². The van der Waals surface area contributed by atoms with Crippen LogP contribution in [0.2, 0.25) is 0 Å². The minimum absolute atomic E-state index is 0.0698. The maximum Gasteiger partial charge on any atom is 0.336 e. The van der Waals surface area contributed by atoms with Crippen molar-refractivity contribution in [2.24, 2.45) is 5.92 Å². The smallest absolute Gasteiger partial charge is 0.336 e. The van der Waals surface area contributed by atoms with Gasteiger partial charge in [0.05, 0.1) is 4.90 Å². The van der Waals surface area contributed by atoms with Crippen molar-refractivity contribution in [2.45, 2.75) is 37.2 Å². The van der Waals surface area contributed by atoms with Gasteiger partial charge >= 0.3 is 5.63 Å². The van der Waals surface area contributed by atoms with E-state index in [1.807, 2.05) is 37.3 Å². The molecule has 3 aromatic rings. The molecule has 0 saturated heterocycles. The lowest BCUT2D eigenvalue weighted by Crippen LogP contribution is -2.39. The molecule has 27 heavy (non-hydrogen) atoms. The van der Waals surface area contributed by atoms with Gasteiger partial charge in [-0.1, -0.05) is 30.3 Å². The second-order valence-corrected chi connectivity index (χ2v) is 8.96. The van der Waals surface area contributed by atoms with Crippen molar-refractivity contribution in [3.8, 4) is 0 Å². The van der Waals surface area contributed by atoms with E-state index in [2.05, 4.69) is 0 Å². The Hall–Kier alpha value is -2.44. The number of sulfonamides is 1. The molecule has 1 fully saturated rings. The van der Waals surface area contributed by atoms with Gasteiger partial charge in [0.1, 0.15) is 5.58 Å². The lowest BCUT2D eigenvalue weighted by molar-refractivity contribution is 0.303. The Kier molecular flexibility index (Phi) is 4.61. The molecule has 1 heterocycles. The summed E-state index contributed by atoms with van der Waals surface area (Å²) in [6.07, 6.45) is 2.12. The van der Waals surface area contributed by atoms with Gasteiger partial charge in [0.2, 0.25) is 10.0 Å². The van der Waals surface area contributed by atoms with Crippen LogP contribution in [0.1, 0.15) is 25.3 Å². The van der Waals surface area contributed by atoms with Crippen LogP contribution in [0.15, 0.2) is 74.8 Å². The van der Waals surface area contributed by atoms with Crippen molar-refractivity contribution >= 4 is 21.0 Å². The zero-order valence-corrected chi connectivity index (χ0v) is 15.9. The first-order valence-corrected chi connectivity index (χ1v) is 10.5. The summed E-state index contributed by atoms with van der Waals surface area (Å²) in [6, 6.07) is 17.1. The van der Waals surface area contributed by atoms with Crippen molar-refractivity contribution in [3.63, 3.8) is 0 Å². The Morgan fingerprint density at radius 1 is 1.07 bits per heavy atom. The van der Waals surface area contributed by atoms with Gasteiger partial charge in [-0.2, -0.15) is 4.31 Å². The quantitative estimate of drug-likeness (QED) is 0.608. The largest absolute Gasteiger partial charge is 0.423 e. The fraction of sp³-hybridized carbons (Fsp3) is 0.286. The summed E-state index contributed by atoms with van der Waals surface area (Å²) < 4.78 is 33.6. The summed E-state index contributed by atoms with van der Waals surface area (Å²) in [5, 5.41) is 0.592. The third kappa shape index (κ3) is 3.68. The van der Waals surface area contributed by atoms with Crippen molar-refractivity contribution in [3.05, 3.63) is 76.6 Å². The van der Waals surface area contributed by atoms with Gasteiger partial charge in [-0.25, -0.2) is 13.2 Å². The van der Waals surface area contributed by atoms with Crippen LogP contribution in [0.5, 0.6) is 0 Å². The van der Waals surface area contributed by atoms with E-state index >= 15 is 0 Å². The average molecular weight is 383 g/mol. The summed E-state index contributed by atoms with van der Waals surface area (Å²) >= 11 is 0. The van der Waals surface area contributed by atoms with Gasteiger partial charge in [0, 0.05) is 24.0 Å². The topological polar surface area (TPSA) is 67.6 Å². The fourth-order valence-corrected chi connectivity index (χ4v) is 5.09. The van der Waals surface area contributed by atoms with Gasteiger partial charge < -0.3 is 4.42 Å². The zero-order chi connectivity index (χ0) is 19.0. The minimum Gasteiger partial charge on any atom is -0.423 e. The number of nitrogens with zero attached hydrogens (tertiary/aromatic N) is 1. The molecule has 0 bridgehead atoms. The predicted octanol–water partition coefficient (Wildman–Crippen LogP) is 3.78. The summed E-state index contributed by atoms with van der Waals surface area (Å²) in [7, 11) is -3.69. The molecule has 0 unspecified atom stereocenters. The van der Waals surface area contributed by atoms with Gasteiger partial charge in [-0.15, -0.1) is 0 Å². The van der Waals surface area contributed by atoms with Crippen molar-refractivity contribution < 1.29 is 12.8 Å². The molecule has 6 heteroatoms. The van der Waals surface area contributed by atoms with Crippen molar-refractivity contribution in [1.82, 2.24) is 4.31 Å². The number of hydrogen-bond donors (Lipinski definition) is 0. The van der Waals surface area contributed by atoms with Gasteiger partial charge in [0.25, 0.3) is 0 Å². The zero-order valence-electron chi connectivity index (χ0n) is 15.0. The Balaban J connectivity index is 1.75. The van der Waals surface area contributed by atoms with Crippen LogP contribution >= 0.6 is 0 Å². The van der Waals surface area contributed by atoms with E-state index in [0.29, 0.717) is 23.4 Å². The SMILES string of the molecule is C[C@H](C1CC1)N(Cc1ccccc1)S(=O)(=O)c1ccc2oc(=O)ccc2c1. The maximum absolute atomic E-state index is 13.5. The van der Waals surface area contributed by atoms with Crippen LogP contribution in [0.4, 0.5) is 0 Å². The molecule has 140 valence electrons. The standard InChI is InChI=1S/C21H21NO4S/c1-15(17-7-8-17)22(14-16-5-3-2-4-6-16)27(24,25)19-10-11-20-18(13-19)9-12-21(23)26-20/h2-6,9-13,15,17H,7-8,14H2,1H3/t15-/m1/s1. The highest BCUT2D eigenvalue weighted by molar-refractivity contribution is 7.89. The lowest BCUT2D eigenvalue weighted by Gasteiger charge is -2.28. The number of fused-ring (bicyclic) bond motifs is 1. The molecule has 0 radical (unpaired) electrons. The van der Waals surface area contributed by atoms with E-state index in [1.165, 1.54) is 12.1 Å². The van der Waals surface area contributed by atoms with Gasteiger partial charge in [-0.3, -0.25) is 0 Å². The molecule has 4 rings (SSSR count). The molecule has 1 aliphatic carbocycles. The number of benzene rings is 2. The summed E-state index contributed by atoms with van der Waals surface area (Å²) in [4.78, 5) is 11.6. The summed E-state index contributed by atoms with van der Waals surface area (Å²) in [5.41, 5.74) is 0.887. The molecule has 0 spiro atoms. The molecule has 0 amide bonds. The van der Waals surface area contributed by atoms with E-state index < -0.39 is 15.6 Å². The highest BCUT2D eigenvalue weighted by Crippen LogP contribution is 2.38. The highest BCUT2D eigenvalue weighted by atomic mass is 32.2. The Labute approximate surface area is 158 Å². The Bertz CT molecular complexity index is 1120. The monoisotopic (exact) mass is 383 g/mol. The highest BCUT2D eigenvalue weighted by Gasteiger charge is 2.38. The third-order valence-electron chi connectivity index (χ3n) is 5.14. The Morgan fingerprint density at radius 2 is 1.81 bits per heavy atom. The molecule has 5 nitrogen and oxygen atoms in total. The Morgan fingerprint density at radius 3 is 2.52 bits per heavy atom. The van der Waals surface area contributed by atoms with E-state index in [-0.39, 0.29) is 10.9 Å². The van der Waals surface area contributed by atoms with Crippen LogP contribution in [0.3, 0.4) is 0 Å². The first-order valence-electron chi connectivity index (χ1n) is 9.05. The number of rotatable bonds is 6. The number of hydrogen-bond acceptors (Lipinski definition) is 4. The average Bonchev–Trinajstić information content (AvgIpc) is 3.51. The second-order valence-electron chi connectivity index (χ2n) is 7.07. The molecule has 0 N–H and O–H groups in total. The van der Waals surface area contributed by atoms with Crippen LogP contribution in [-0.4, -0.2) is 18.8 Å². The van der Waals surface area contributed by atoms with E-state index in [0.717, 1.165) is 18.4 Å². The van der Waals surface area contributed by atoms with Crippen LogP contribution in [0, 0.1) is 5.92 Å². The van der Waals surface area contributed by atoms with E-state index in [1.54, 1.807) is 22.5 Å².